The number of carbonyl (C=O) groups excluding carboxylic acids is 3. The number of rotatable bonds is 10. The minimum atomic E-state index is -1.46. The second kappa shape index (κ2) is 12.3. The molecule has 1 aromatic rings. The van der Waals surface area contributed by atoms with Crippen LogP contribution in [0.5, 0.6) is 0 Å². The topological polar surface area (TPSA) is 152 Å². The molecule has 4 amide bonds. The van der Waals surface area contributed by atoms with E-state index in [1.54, 1.807) is 30.9 Å². The molecular weight excluding hydrogens is 549 g/mol. The number of fused-ring (bicyclic) bond motifs is 1. The number of aliphatic carboxylic acids is 1. The lowest BCUT2D eigenvalue weighted by molar-refractivity contribution is -0.144. The van der Waals surface area contributed by atoms with E-state index < -0.39 is 59.5 Å². The largest absolute Gasteiger partial charge is 0.479 e. The molecule has 2 fully saturated rings. The van der Waals surface area contributed by atoms with Crippen LogP contribution in [0.1, 0.15) is 51.7 Å². The Bertz CT molecular complexity index is 1240. The van der Waals surface area contributed by atoms with Crippen LogP contribution >= 0.6 is 0 Å². The molecule has 1 saturated carbocycles. The van der Waals surface area contributed by atoms with Crippen LogP contribution < -0.4 is 10.6 Å². The first-order valence-corrected chi connectivity index (χ1v) is 14.2. The number of hydrogen-bond acceptors (Lipinski definition) is 7. The summed E-state index contributed by atoms with van der Waals surface area (Å²) in [4.78, 5) is 54.3. The van der Waals surface area contributed by atoms with E-state index in [4.69, 9.17) is 4.74 Å². The SMILES string of the molecule is C=C[C@@H]1CC1(NC(=O)[C@@H]1C[C@@H](OC(=O)N2Cc3cccc(F)c3C2)CN1CC(C(C)C)N(O)C(=O)NC(C)C)C(=O)O. The van der Waals surface area contributed by atoms with Crippen LogP contribution in [-0.4, -0.2) is 92.0 Å². The smallest absolute Gasteiger partial charge is 0.410 e. The molecule has 2 unspecified atom stereocenters. The molecule has 1 aromatic carbocycles. The van der Waals surface area contributed by atoms with Crippen molar-refractivity contribution in [1.82, 2.24) is 25.5 Å². The van der Waals surface area contributed by atoms with Crippen molar-refractivity contribution >= 4 is 24.0 Å². The minimum absolute atomic E-state index is 0.0527. The number of nitrogens with zero attached hydrogens (tertiary/aromatic N) is 3. The highest BCUT2D eigenvalue weighted by Crippen LogP contribution is 2.45. The maximum Gasteiger partial charge on any atom is 0.410 e. The van der Waals surface area contributed by atoms with Gasteiger partial charge in [0.25, 0.3) is 0 Å². The molecule has 1 saturated heterocycles. The molecule has 230 valence electrons. The molecule has 2 heterocycles. The summed E-state index contributed by atoms with van der Waals surface area (Å²) in [6, 6.07) is 2.12. The molecule has 4 rings (SSSR count). The van der Waals surface area contributed by atoms with E-state index in [-0.39, 0.29) is 51.0 Å². The Balaban J connectivity index is 1.51. The van der Waals surface area contributed by atoms with Gasteiger partial charge >= 0.3 is 18.1 Å². The van der Waals surface area contributed by atoms with Gasteiger partial charge in [-0.25, -0.2) is 23.8 Å². The van der Waals surface area contributed by atoms with Crippen molar-refractivity contribution in [3.8, 4) is 0 Å². The molecule has 13 heteroatoms. The number of likely N-dealkylation sites (tertiary alicyclic amines) is 1. The zero-order valence-electron chi connectivity index (χ0n) is 24.4. The summed E-state index contributed by atoms with van der Waals surface area (Å²) in [5.41, 5.74) is -0.329. The Kier molecular flexibility index (Phi) is 9.12. The summed E-state index contributed by atoms with van der Waals surface area (Å²) >= 11 is 0. The van der Waals surface area contributed by atoms with Gasteiger partial charge in [0.05, 0.1) is 18.6 Å². The molecule has 3 aliphatic rings. The average molecular weight is 590 g/mol. The van der Waals surface area contributed by atoms with Gasteiger partial charge in [0.2, 0.25) is 5.91 Å². The standard InChI is InChI=1S/C29H40FN5O7/c1-6-19-11-29(19,26(37)38)32-25(36)23-10-20(42-28(40)34-12-18-8-7-9-22(30)21(18)14-34)13-33(23)15-24(16(2)3)35(41)27(39)31-17(4)5/h6-9,16-17,19-20,23-24,41H,1,10-15H2,2-5H3,(H,31,39)(H,32,36)(H,37,38)/t19-,20-,23+,24?,29?/m1/s1. The highest BCUT2D eigenvalue weighted by atomic mass is 19.1. The fourth-order valence-corrected chi connectivity index (χ4v) is 5.74. The lowest BCUT2D eigenvalue weighted by Gasteiger charge is -2.35. The van der Waals surface area contributed by atoms with Gasteiger partial charge in [-0.1, -0.05) is 32.1 Å². The minimum Gasteiger partial charge on any atom is -0.479 e. The zero-order valence-corrected chi connectivity index (χ0v) is 24.4. The zero-order chi connectivity index (χ0) is 30.9. The van der Waals surface area contributed by atoms with Gasteiger partial charge in [-0.15, -0.1) is 6.58 Å². The molecule has 4 N–H and O–H groups in total. The molecule has 0 spiro atoms. The summed E-state index contributed by atoms with van der Waals surface area (Å²) < 4.78 is 20.0. The third-order valence-corrected chi connectivity index (χ3v) is 8.27. The number of carbonyl (C=O) groups is 4. The van der Waals surface area contributed by atoms with E-state index in [2.05, 4.69) is 17.2 Å². The van der Waals surface area contributed by atoms with Crippen molar-refractivity contribution in [1.29, 1.82) is 0 Å². The molecule has 0 radical (unpaired) electrons. The van der Waals surface area contributed by atoms with E-state index >= 15 is 0 Å². The second-order valence-electron chi connectivity index (χ2n) is 12.0. The van der Waals surface area contributed by atoms with E-state index in [1.165, 1.54) is 17.0 Å². The fraction of sp³-hybridized carbons (Fsp3) is 0.586. The first-order valence-electron chi connectivity index (χ1n) is 14.2. The van der Waals surface area contributed by atoms with Gasteiger partial charge in [-0.3, -0.25) is 19.8 Å². The van der Waals surface area contributed by atoms with Gasteiger partial charge in [0.15, 0.2) is 0 Å². The number of amides is 4. The summed E-state index contributed by atoms with van der Waals surface area (Å²) in [6.07, 6.45) is 0.363. The van der Waals surface area contributed by atoms with Gasteiger partial charge in [0.1, 0.15) is 17.5 Å². The maximum absolute atomic E-state index is 14.2. The van der Waals surface area contributed by atoms with E-state index in [9.17, 15) is 33.9 Å². The van der Waals surface area contributed by atoms with Crippen molar-refractivity contribution in [3.63, 3.8) is 0 Å². The third kappa shape index (κ3) is 6.36. The average Bonchev–Trinajstić information content (AvgIpc) is 3.24. The fourth-order valence-electron chi connectivity index (χ4n) is 5.74. The Morgan fingerprint density at radius 2 is 1.95 bits per heavy atom. The number of nitrogens with one attached hydrogen (secondary N) is 2. The summed E-state index contributed by atoms with van der Waals surface area (Å²) in [5.74, 6) is -2.77. The van der Waals surface area contributed by atoms with Crippen molar-refractivity contribution in [2.24, 2.45) is 11.8 Å². The van der Waals surface area contributed by atoms with Crippen molar-refractivity contribution in [2.75, 3.05) is 13.1 Å². The lowest BCUT2D eigenvalue weighted by atomic mass is 10.0. The molecular formula is C29H40FN5O7. The van der Waals surface area contributed by atoms with Crippen LogP contribution in [0, 0.1) is 17.7 Å². The van der Waals surface area contributed by atoms with E-state index in [1.807, 2.05) is 13.8 Å². The van der Waals surface area contributed by atoms with Gasteiger partial charge in [0, 0.05) is 43.6 Å². The number of hydroxylamine groups is 2. The Hall–Kier alpha value is -3.71. The monoisotopic (exact) mass is 589 g/mol. The van der Waals surface area contributed by atoms with Crippen LogP contribution in [0.2, 0.25) is 0 Å². The highest BCUT2D eigenvalue weighted by Gasteiger charge is 2.61. The van der Waals surface area contributed by atoms with E-state index in [0.29, 0.717) is 16.2 Å². The van der Waals surface area contributed by atoms with Crippen molar-refractivity contribution < 1.29 is 38.6 Å². The van der Waals surface area contributed by atoms with Gasteiger partial charge < -0.3 is 20.5 Å². The van der Waals surface area contributed by atoms with E-state index in [0.717, 1.165) is 0 Å². The third-order valence-electron chi connectivity index (χ3n) is 8.27. The van der Waals surface area contributed by atoms with Crippen molar-refractivity contribution in [2.45, 2.75) is 83.4 Å². The predicted molar refractivity (Wildman–Crippen MR) is 149 cm³/mol. The summed E-state index contributed by atoms with van der Waals surface area (Å²) in [5, 5.41) is 26.5. The normalized spacial score (nSPS) is 25.6. The Morgan fingerprint density at radius 1 is 1.24 bits per heavy atom. The second-order valence-corrected chi connectivity index (χ2v) is 12.0. The number of carboxylic acid groups (broad SMARTS) is 1. The number of ether oxygens (including phenoxy) is 1. The van der Waals surface area contributed by atoms with Crippen molar-refractivity contribution in [3.05, 3.63) is 47.8 Å². The van der Waals surface area contributed by atoms with Crippen LogP contribution in [-0.2, 0) is 27.4 Å². The quantitative estimate of drug-likeness (QED) is 0.185. The van der Waals surface area contributed by atoms with Crippen LogP contribution in [0.15, 0.2) is 30.9 Å². The summed E-state index contributed by atoms with van der Waals surface area (Å²) in [6.45, 7) is 11.2. The Morgan fingerprint density at radius 3 is 2.52 bits per heavy atom. The predicted octanol–water partition coefficient (Wildman–Crippen LogP) is 2.70. The molecule has 0 aromatic heterocycles. The highest BCUT2D eigenvalue weighted by molar-refractivity contribution is 5.93. The van der Waals surface area contributed by atoms with Crippen LogP contribution in [0.4, 0.5) is 14.0 Å². The van der Waals surface area contributed by atoms with Gasteiger partial charge in [-0.2, -0.15) is 0 Å². The number of halogens is 1. The number of hydrogen-bond donors (Lipinski definition) is 4. The van der Waals surface area contributed by atoms with Crippen LogP contribution in [0.3, 0.4) is 0 Å². The summed E-state index contributed by atoms with van der Waals surface area (Å²) in [7, 11) is 0. The number of urea groups is 1. The molecule has 12 nitrogen and oxygen atoms in total. The molecule has 0 bridgehead atoms. The Labute approximate surface area is 244 Å². The van der Waals surface area contributed by atoms with Crippen LogP contribution in [0.25, 0.3) is 0 Å². The number of carboxylic acids is 1. The first kappa shape index (κ1) is 31.2. The molecule has 2 aliphatic heterocycles. The van der Waals surface area contributed by atoms with Gasteiger partial charge in [-0.05, 0) is 37.8 Å². The molecule has 5 atom stereocenters. The first-order chi connectivity index (χ1) is 19.8. The lowest BCUT2D eigenvalue weighted by Crippen LogP contribution is -2.56. The number of benzene rings is 1. The molecule has 1 aliphatic carbocycles. The maximum atomic E-state index is 14.2. The molecule has 42 heavy (non-hydrogen) atoms.